The lowest BCUT2D eigenvalue weighted by molar-refractivity contribution is 0.566. The van der Waals surface area contributed by atoms with Crippen LogP contribution >= 0.6 is 0 Å². The van der Waals surface area contributed by atoms with Gasteiger partial charge in [-0.2, -0.15) is 5.10 Å². The van der Waals surface area contributed by atoms with Crippen LogP contribution in [-0.4, -0.2) is 29.7 Å². The normalized spacial score (nSPS) is 11.9. The van der Waals surface area contributed by atoms with Gasteiger partial charge >= 0.3 is 0 Å². The van der Waals surface area contributed by atoms with Gasteiger partial charge in [-0.25, -0.2) is 8.42 Å². The highest BCUT2D eigenvalue weighted by Crippen LogP contribution is 2.09. The van der Waals surface area contributed by atoms with Crippen molar-refractivity contribution in [2.75, 3.05) is 17.2 Å². The summed E-state index contributed by atoms with van der Waals surface area (Å²) < 4.78 is 24.2. The molecule has 2 N–H and O–H groups in total. The Balaban J connectivity index is 2.49. The highest BCUT2D eigenvalue weighted by molar-refractivity contribution is 7.91. The van der Waals surface area contributed by atoms with Crippen molar-refractivity contribution in [1.29, 1.82) is 0 Å². The molecule has 0 spiro atoms. The van der Waals surface area contributed by atoms with Crippen molar-refractivity contribution in [1.82, 2.24) is 9.78 Å². The van der Waals surface area contributed by atoms with E-state index < -0.39 is 9.84 Å². The Labute approximate surface area is 90.2 Å². The highest BCUT2D eigenvalue weighted by Gasteiger charge is 2.08. The topological polar surface area (TPSA) is 78.0 Å². The van der Waals surface area contributed by atoms with Crippen LogP contribution in [0.1, 0.15) is 19.0 Å². The first-order valence-corrected chi connectivity index (χ1v) is 6.76. The summed E-state index contributed by atoms with van der Waals surface area (Å²) in [4.78, 5) is 0. The average Bonchev–Trinajstić information content (AvgIpc) is 2.49. The highest BCUT2D eigenvalue weighted by atomic mass is 32.2. The second kappa shape index (κ2) is 4.65. The van der Waals surface area contributed by atoms with E-state index in [4.69, 9.17) is 5.73 Å². The molecule has 0 atom stereocenters. The molecule has 0 bridgehead atoms. The van der Waals surface area contributed by atoms with E-state index in [0.29, 0.717) is 18.7 Å². The summed E-state index contributed by atoms with van der Waals surface area (Å²) in [6.45, 7) is 4.13. The number of aryl methyl sites for hydroxylation is 1. The summed E-state index contributed by atoms with van der Waals surface area (Å²) in [7, 11) is -2.87. The van der Waals surface area contributed by atoms with Crippen molar-refractivity contribution >= 4 is 15.5 Å². The van der Waals surface area contributed by atoms with Gasteiger partial charge in [0, 0.05) is 12.3 Å². The van der Waals surface area contributed by atoms with Gasteiger partial charge in [-0.1, -0.05) is 6.92 Å². The standard InChI is InChI=1S/C9H17N3O2S/c1-3-15(13,14)6-4-5-12-8(2)9(10)7-11-12/h7H,3-6,10H2,1-2H3. The molecule has 1 aromatic rings. The fraction of sp³-hybridized carbons (Fsp3) is 0.667. The van der Waals surface area contributed by atoms with Gasteiger partial charge in [0.2, 0.25) is 0 Å². The lowest BCUT2D eigenvalue weighted by Gasteiger charge is -2.04. The van der Waals surface area contributed by atoms with Gasteiger partial charge in [-0.05, 0) is 13.3 Å². The maximum Gasteiger partial charge on any atom is 0.150 e. The first-order chi connectivity index (χ1) is 6.96. The first-order valence-electron chi connectivity index (χ1n) is 4.94. The summed E-state index contributed by atoms with van der Waals surface area (Å²) in [5.74, 6) is 0.413. The van der Waals surface area contributed by atoms with Crippen LogP contribution in [0.2, 0.25) is 0 Å². The van der Waals surface area contributed by atoms with Crippen molar-refractivity contribution in [3.05, 3.63) is 11.9 Å². The fourth-order valence-electron chi connectivity index (χ4n) is 1.26. The molecule has 1 heterocycles. The molecule has 0 aliphatic heterocycles. The van der Waals surface area contributed by atoms with Crippen LogP contribution in [0.3, 0.4) is 0 Å². The van der Waals surface area contributed by atoms with Crippen LogP contribution in [0.25, 0.3) is 0 Å². The van der Waals surface area contributed by atoms with Crippen LogP contribution in [0.15, 0.2) is 6.20 Å². The molecule has 0 saturated heterocycles. The number of sulfone groups is 1. The van der Waals surface area contributed by atoms with Crippen LogP contribution in [0.5, 0.6) is 0 Å². The molecule has 0 aromatic carbocycles. The molecule has 0 saturated carbocycles. The predicted octanol–water partition coefficient (Wildman–Crippen LogP) is 0.599. The van der Waals surface area contributed by atoms with Crippen molar-refractivity contribution in [3.63, 3.8) is 0 Å². The Bertz CT molecular complexity index is 423. The molecule has 0 radical (unpaired) electrons. The monoisotopic (exact) mass is 231 g/mol. The second-order valence-corrected chi connectivity index (χ2v) is 5.97. The summed E-state index contributed by atoms with van der Waals surface area (Å²) >= 11 is 0. The number of aromatic nitrogens is 2. The zero-order chi connectivity index (χ0) is 11.5. The van der Waals surface area contributed by atoms with Crippen LogP contribution in [-0.2, 0) is 16.4 Å². The number of nitrogens with two attached hydrogens (primary N) is 1. The van der Waals surface area contributed by atoms with Gasteiger partial charge in [-0.3, -0.25) is 4.68 Å². The van der Waals surface area contributed by atoms with Crippen molar-refractivity contribution < 1.29 is 8.42 Å². The Morgan fingerprint density at radius 3 is 2.67 bits per heavy atom. The third-order valence-corrected chi connectivity index (χ3v) is 4.20. The number of anilines is 1. The lowest BCUT2D eigenvalue weighted by Crippen LogP contribution is -2.12. The molecule has 1 aromatic heterocycles. The molecule has 5 nitrogen and oxygen atoms in total. The van der Waals surface area contributed by atoms with E-state index in [-0.39, 0.29) is 11.5 Å². The third kappa shape index (κ3) is 3.23. The molecule has 0 amide bonds. The minimum atomic E-state index is -2.87. The van der Waals surface area contributed by atoms with Gasteiger partial charge in [0.05, 0.1) is 23.3 Å². The van der Waals surface area contributed by atoms with E-state index in [9.17, 15) is 8.42 Å². The van der Waals surface area contributed by atoms with Crippen molar-refractivity contribution in [2.24, 2.45) is 0 Å². The van der Waals surface area contributed by atoms with E-state index in [1.54, 1.807) is 17.8 Å². The minimum absolute atomic E-state index is 0.202. The van der Waals surface area contributed by atoms with Gasteiger partial charge in [-0.15, -0.1) is 0 Å². The minimum Gasteiger partial charge on any atom is -0.396 e. The molecule has 86 valence electrons. The summed E-state index contributed by atoms with van der Waals surface area (Å²) in [6.07, 6.45) is 2.17. The van der Waals surface area contributed by atoms with Crippen LogP contribution in [0.4, 0.5) is 5.69 Å². The van der Waals surface area contributed by atoms with E-state index in [1.165, 1.54) is 0 Å². The lowest BCUT2D eigenvalue weighted by atomic mass is 10.4. The van der Waals surface area contributed by atoms with Gasteiger partial charge in [0.1, 0.15) is 9.84 Å². The largest absolute Gasteiger partial charge is 0.396 e. The SMILES string of the molecule is CCS(=O)(=O)CCCn1ncc(N)c1C. The number of hydrogen-bond donors (Lipinski definition) is 1. The molecule has 15 heavy (non-hydrogen) atoms. The van der Waals surface area contributed by atoms with E-state index in [0.717, 1.165) is 5.69 Å². The number of rotatable bonds is 5. The fourth-order valence-corrected chi connectivity index (χ4v) is 2.12. The van der Waals surface area contributed by atoms with Crippen molar-refractivity contribution in [2.45, 2.75) is 26.8 Å². The van der Waals surface area contributed by atoms with E-state index >= 15 is 0 Å². The number of nitrogen functional groups attached to an aromatic ring is 1. The average molecular weight is 231 g/mol. The molecular formula is C9H17N3O2S. The molecule has 0 unspecified atom stereocenters. The maximum absolute atomic E-state index is 11.2. The zero-order valence-corrected chi connectivity index (χ0v) is 9.92. The zero-order valence-electron chi connectivity index (χ0n) is 9.10. The molecule has 0 fully saturated rings. The number of hydrogen-bond acceptors (Lipinski definition) is 4. The quantitative estimate of drug-likeness (QED) is 0.805. The molecule has 6 heteroatoms. The molecular weight excluding hydrogens is 214 g/mol. The summed E-state index contributed by atoms with van der Waals surface area (Å²) in [5, 5.41) is 4.06. The van der Waals surface area contributed by atoms with Crippen LogP contribution in [0, 0.1) is 6.92 Å². The van der Waals surface area contributed by atoms with E-state index in [2.05, 4.69) is 5.10 Å². The van der Waals surface area contributed by atoms with Crippen molar-refractivity contribution in [3.8, 4) is 0 Å². The Morgan fingerprint density at radius 2 is 2.20 bits per heavy atom. The first kappa shape index (κ1) is 12.0. The van der Waals surface area contributed by atoms with E-state index in [1.807, 2.05) is 6.92 Å². The molecule has 0 aliphatic rings. The third-order valence-electron chi connectivity index (χ3n) is 2.41. The Hall–Kier alpha value is -1.04. The summed E-state index contributed by atoms with van der Waals surface area (Å²) in [6, 6.07) is 0. The predicted molar refractivity (Wildman–Crippen MR) is 60.3 cm³/mol. The second-order valence-electron chi connectivity index (χ2n) is 3.50. The van der Waals surface area contributed by atoms with Gasteiger partial charge in [0.25, 0.3) is 0 Å². The smallest absolute Gasteiger partial charge is 0.150 e. The van der Waals surface area contributed by atoms with Crippen LogP contribution < -0.4 is 5.73 Å². The van der Waals surface area contributed by atoms with Gasteiger partial charge < -0.3 is 5.73 Å². The molecule has 0 aliphatic carbocycles. The summed E-state index contributed by atoms with van der Waals surface area (Å²) in [5.41, 5.74) is 7.16. The Kier molecular flexibility index (Phi) is 3.73. The Morgan fingerprint density at radius 1 is 1.53 bits per heavy atom. The molecule has 1 rings (SSSR count). The number of nitrogens with zero attached hydrogens (tertiary/aromatic N) is 2. The van der Waals surface area contributed by atoms with Gasteiger partial charge in [0.15, 0.2) is 0 Å². The maximum atomic E-state index is 11.2.